The average molecular weight is 295 g/mol. The van der Waals surface area contributed by atoms with E-state index in [4.69, 9.17) is 23.2 Å². The van der Waals surface area contributed by atoms with E-state index in [1.54, 1.807) is 24.3 Å². The van der Waals surface area contributed by atoms with Crippen molar-refractivity contribution in [3.63, 3.8) is 0 Å². The lowest BCUT2D eigenvalue weighted by atomic mass is 10.1. The third kappa shape index (κ3) is 3.66. The fraction of sp³-hybridized carbons (Fsp3) is 0. The van der Waals surface area contributed by atoms with Crippen molar-refractivity contribution < 1.29 is 9.18 Å². The van der Waals surface area contributed by atoms with Crippen molar-refractivity contribution in [1.82, 2.24) is 0 Å². The zero-order valence-corrected chi connectivity index (χ0v) is 11.3. The first-order chi connectivity index (χ1) is 9.06. The van der Waals surface area contributed by atoms with Crippen LogP contribution in [0.5, 0.6) is 0 Å². The van der Waals surface area contributed by atoms with Crippen molar-refractivity contribution in [1.29, 1.82) is 0 Å². The van der Waals surface area contributed by atoms with Gasteiger partial charge < -0.3 is 0 Å². The maximum absolute atomic E-state index is 12.7. The second-order valence-corrected chi connectivity index (χ2v) is 4.69. The standard InChI is InChI=1S/C15H9Cl2FO/c16-13-7-1-10(9-14(13)17)2-8-15(19)11-3-5-12(18)6-4-11/h1-9H/b8-2+. The first kappa shape index (κ1) is 13.8. The van der Waals surface area contributed by atoms with Gasteiger partial charge in [0, 0.05) is 5.56 Å². The predicted molar refractivity (Wildman–Crippen MR) is 76.2 cm³/mol. The van der Waals surface area contributed by atoms with Crippen LogP contribution >= 0.6 is 23.2 Å². The summed E-state index contributed by atoms with van der Waals surface area (Å²) in [4.78, 5) is 11.8. The quantitative estimate of drug-likeness (QED) is 0.573. The lowest BCUT2D eigenvalue weighted by Crippen LogP contribution is -1.93. The molecular weight excluding hydrogens is 286 g/mol. The SMILES string of the molecule is O=C(/C=C/c1ccc(Cl)c(Cl)c1)c1ccc(F)cc1. The maximum Gasteiger partial charge on any atom is 0.185 e. The topological polar surface area (TPSA) is 17.1 Å². The van der Waals surface area contributed by atoms with Crippen molar-refractivity contribution in [2.24, 2.45) is 0 Å². The molecule has 96 valence electrons. The van der Waals surface area contributed by atoms with E-state index in [-0.39, 0.29) is 11.6 Å². The van der Waals surface area contributed by atoms with E-state index >= 15 is 0 Å². The fourth-order valence-electron chi connectivity index (χ4n) is 1.50. The van der Waals surface area contributed by atoms with Gasteiger partial charge in [-0.25, -0.2) is 4.39 Å². The molecule has 4 heteroatoms. The second-order valence-electron chi connectivity index (χ2n) is 3.88. The first-order valence-corrected chi connectivity index (χ1v) is 6.25. The van der Waals surface area contributed by atoms with Gasteiger partial charge in [-0.2, -0.15) is 0 Å². The first-order valence-electron chi connectivity index (χ1n) is 5.49. The molecule has 2 aromatic carbocycles. The van der Waals surface area contributed by atoms with E-state index in [2.05, 4.69) is 0 Å². The van der Waals surface area contributed by atoms with Crippen LogP contribution in [0.1, 0.15) is 15.9 Å². The van der Waals surface area contributed by atoms with Gasteiger partial charge >= 0.3 is 0 Å². The minimum Gasteiger partial charge on any atom is -0.289 e. The smallest absolute Gasteiger partial charge is 0.185 e. The van der Waals surface area contributed by atoms with Crippen molar-refractivity contribution >= 4 is 35.1 Å². The molecule has 0 spiro atoms. The predicted octanol–water partition coefficient (Wildman–Crippen LogP) is 5.03. The van der Waals surface area contributed by atoms with Crippen molar-refractivity contribution in [2.75, 3.05) is 0 Å². The zero-order chi connectivity index (χ0) is 13.8. The number of carbonyl (C=O) groups is 1. The molecule has 0 fully saturated rings. The van der Waals surface area contributed by atoms with Crippen LogP contribution in [0.15, 0.2) is 48.5 Å². The Kier molecular flexibility index (Phi) is 4.35. The molecule has 0 N–H and O–H groups in total. The highest BCUT2D eigenvalue weighted by Gasteiger charge is 2.02. The normalized spacial score (nSPS) is 10.9. The summed E-state index contributed by atoms with van der Waals surface area (Å²) in [5.74, 6) is -0.573. The summed E-state index contributed by atoms with van der Waals surface area (Å²) >= 11 is 11.7. The Balaban J connectivity index is 2.15. The van der Waals surface area contributed by atoms with Crippen molar-refractivity contribution in [3.8, 4) is 0 Å². The minimum atomic E-state index is -0.370. The molecule has 2 rings (SSSR count). The van der Waals surface area contributed by atoms with Crippen LogP contribution in [0.4, 0.5) is 4.39 Å². The van der Waals surface area contributed by atoms with Gasteiger partial charge in [0.05, 0.1) is 10.0 Å². The van der Waals surface area contributed by atoms with Gasteiger partial charge in [-0.1, -0.05) is 35.3 Å². The third-order valence-corrected chi connectivity index (χ3v) is 3.24. The highest BCUT2D eigenvalue weighted by atomic mass is 35.5. The van der Waals surface area contributed by atoms with Gasteiger partial charge in [-0.05, 0) is 48.0 Å². The molecule has 0 saturated heterocycles. The third-order valence-electron chi connectivity index (χ3n) is 2.50. The van der Waals surface area contributed by atoms with E-state index in [9.17, 15) is 9.18 Å². The largest absolute Gasteiger partial charge is 0.289 e. The van der Waals surface area contributed by atoms with Crippen molar-refractivity contribution in [2.45, 2.75) is 0 Å². The summed E-state index contributed by atoms with van der Waals surface area (Å²) in [6.07, 6.45) is 3.04. The Labute approximate surface area is 120 Å². The lowest BCUT2D eigenvalue weighted by Gasteiger charge is -1.98. The molecule has 0 heterocycles. The molecule has 0 saturated carbocycles. The number of rotatable bonds is 3. The van der Waals surface area contributed by atoms with Crippen LogP contribution in [0.3, 0.4) is 0 Å². The Morgan fingerprint density at radius 2 is 1.68 bits per heavy atom. The van der Waals surface area contributed by atoms with Gasteiger partial charge in [-0.3, -0.25) is 4.79 Å². The molecule has 0 radical (unpaired) electrons. The van der Waals surface area contributed by atoms with Crippen molar-refractivity contribution in [3.05, 3.63) is 75.5 Å². The molecule has 2 aromatic rings. The number of ketones is 1. The van der Waals surface area contributed by atoms with Gasteiger partial charge in [0.1, 0.15) is 5.82 Å². The fourth-order valence-corrected chi connectivity index (χ4v) is 1.80. The molecule has 1 nitrogen and oxygen atoms in total. The molecule has 0 atom stereocenters. The zero-order valence-electron chi connectivity index (χ0n) is 9.74. The molecule has 0 aromatic heterocycles. The maximum atomic E-state index is 12.7. The highest BCUT2D eigenvalue weighted by Crippen LogP contribution is 2.23. The van der Waals surface area contributed by atoms with Gasteiger partial charge in [0.25, 0.3) is 0 Å². The van der Waals surface area contributed by atoms with Crippen LogP contribution in [-0.4, -0.2) is 5.78 Å². The number of benzene rings is 2. The van der Waals surface area contributed by atoms with E-state index < -0.39 is 0 Å². The molecule has 0 aliphatic rings. The number of hydrogen-bond donors (Lipinski definition) is 0. The second kappa shape index (κ2) is 6.00. The Morgan fingerprint density at radius 1 is 1.00 bits per heavy atom. The summed E-state index contributed by atoms with van der Waals surface area (Å²) in [5.41, 5.74) is 1.20. The number of allylic oxidation sites excluding steroid dienone is 1. The van der Waals surface area contributed by atoms with E-state index in [1.807, 2.05) is 0 Å². The Hall–Kier alpha value is -1.64. The van der Waals surface area contributed by atoms with Gasteiger partial charge in [0.15, 0.2) is 5.78 Å². The molecule has 0 amide bonds. The summed E-state index contributed by atoms with van der Waals surface area (Å²) in [6.45, 7) is 0. The molecule has 0 aliphatic carbocycles. The summed E-state index contributed by atoms with van der Waals surface area (Å²) in [7, 11) is 0. The molecule has 19 heavy (non-hydrogen) atoms. The lowest BCUT2D eigenvalue weighted by molar-refractivity contribution is 0.104. The number of hydrogen-bond acceptors (Lipinski definition) is 1. The summed E-state index contributed by atoms with van der Waals surface area (Å²) < 4.78 is 12.7. The van der Waals surface area contributed by atoms with Crippen LogP contribution in [-0.2, 0) is 0 Å². The minimum absolute atomic E-state index is 0.203. The summed E-state index contributed by atoms with van der Waals surface area (Å²) in [5, 5.41) is 0.890. The number of halogens is 3. The van der Waals surface area contributed by atoms with Gasteiger partial charge in [-0.15, -0.1) is 0 Å². The number of carbonyl (C=O) groups excluding carboxylic acids is 1. The average Bonchev–Trinajstić information content (AvgIpc) is 2.40. The highest BCUT2D eigenvalue weighted by molar-refractivity contribution is 6.42. The molecular formula is C15H9Cl2FO. The van der Waals surface area contributed by atoms with Crippen LogP contribution < -0.4 is 0 Å². The summed E-state index contributed by atoms with van der Waals surface area (Å²) in [6, 6.07) is 10.5. The van der Waals surface area contributed by atoms with Gasteiger partial charge in [0.2, 0.25) is 0 Å². The molecule has 0 unspecified atom stereocenters. The Morgan fingerprint density at radius 3 is 2.32 bits per heavy atom. The molecule has 0 aliphatic heterocycles. The van der Waals surface area contributed by atoms with E-state index in [0.29, 0.717) is 15.6 Å². The monoisotopic (exact) mass is 294 g/mol. The Bertz CT molecular complexity index is 633. The van der Waals surface area contributed by atoms with Crippen LogP contribution in [0.25, 0.3) is 6.08 Å². The van der Waals surface area contributed by atoms with E-state index in [1.165, 1.54) is 30.3 Å². The van der Waals surface area contributed by atoms with E-state index in [0.717, 1.165) is 5.56 Å². The molecule has 0 bridgehead atoms. The van der Waals surface area contributed by atoms with Crippen LogP contribution in [0.2, 0.25) is 10.0 Å². The van der Waals surface area contributed by atoms with Crippen LogP contribution in [0, 0.1) is 5.82 Å².